The molecule has 2 rings (SSSR count). The van der Waals surface area contributed by atoms with Crippen molar-refractivity contribution in [1.82, 2.24) is 4.90 Å². The molecular formula is C13H17F3N2OS. The third-order valence-corrected chi connectivity index (χ3v) is 4.77. The van der Waals surface area contributed by atoms with Gasteiger partial charge < -0.3 is 10.6 Å². The van der Waals surface area contributed by atoms with Crippen LogP contribution in [0.1, 0.15) is 36.8 Å². The van der Waals surface area contributed by atoms with E-state index in [1.54, 1.807) is 11.3 Å². The van der Waals surface area contributed by atoms with Crippen molar-refractivity contribution >= 4 is 17.2 Å². The molecule has 7 heteroatoms. The van der Waals surface area contributed by atoms with Crippen LogP contribution in [0, 0.1) is 0 Å². The first-order valence-corrected chi connectivity index (χ1v) is 7.31. The van der Waals surface area contributed by atoms with Crippen LogP contribution in [0.5, 0.6) is 0 Å². The van der Waals surface area contributed by atoms with Gasteiger partial charge in [0.15, 0.2) is 5.54 Å². The zero-order valence-electron chi connectivity index (χ0n) is 11.3. The Morgan fingerprint density at radius 2 is 2.20 bits per heavy atom. The molecule has 0 saturated carbocycles. The normalized spacial score (nSPS) is 22.3. The summed E-state index contributed by atoms with van der Waals surface area (Å²) >= 11 is 1.58. The molecule has 0 bridgehead atoms. The number of hydrogen-bond donors (Lipinski definition) is 1. The van der Waals surface area contributed by atoms with E-state index < -0.39 is 17.6 Å². The summed E-state index contributed by atoms with van der Waals surface area (Å²) < 4.78 is 38.8. The number of thiophene rings is 1. The molecule has 2 atom stereocenters. The van der Waals surface area contributed by atoms with Crippen LogP contribution in [0.3, 0.4) is 0 Å². The Hall–Kier alpha value is -1.08. The molecule has 0 aromatic carbocycles. The molecule has 1 amide bonds. The van der Waals surface area contributed by atoms with E-state index >= 15 is 0 Å². The highest BCUT2D eigenvalue weighted by Crippen LogP contribution is 2.38. The van der Waals surface area contributed by atoms with Gasteiger partial charge in [-0.3, -0.25) is 4.79 Å². The van der Waals surface area contributed by atoms with Crippen LogP contribution < -0.4 is 5.73 Å². The molecule has 0 fully saturated rings. The topological polar surface area (TPSA) is 46.3 Å². The van der Waals surface area contributed by atoms with Crippen molar-refractivity contribution in [3.63, 3.8) is 0 Å². The number of nitrogens with two attached hydrogens (primary N) is 1. The Morgan fingerprint density at radius 3 is 2.75 bits per heavy atom. The third-order valence-electron chi connectivity index (χ3n) is 3.78. The average molecular weight is 306 g/mol. The highest BCUT2D eigenvalue weighted by molar-refractivity contribution is 7.10. The summed E-state index contributed by atoms with van der Waals surface area (Å²) in [6, 6.07) is 1.57. The molecule has 2 N–H and O–H groups in total. The fourth-order valence-electron chi connectivity index (χ4n) is 2.50. The first-order valence-electron chi connectivity index (χ1n) is 6.43. The SMILES string of the molecule is CCC1c2ccsc2CCN1C(=O)C(C)(N)C(F)(F)F. The quantitative estimate of drug-likeness (QED) is 0.913. The molecule has 1 aliphatic rings. The van der Waals surface area contributed by atoms with Gasteiger partial charge in [-0.25, -0.2) is 0 Å². The Labute approximate surface area is 119 Å². The van der Waals surface area contributed by atoms with Crippen molar-refractivity contribution in [2.75, 3.05) is 6.54 Å². The molecule has 3 nitrogen and oxygen atoms in total. The first-order chi connectivity index (χ1) is 9.20. The molecular weight excluding hydrogens is 289 g/mol. The third kappa shape index (κ3) is 2.33. The van der Waals surface area contributed by atoms with E-state index in [1.807, 2.05) is 18.4 Å². The predicted molar refractivity (Wildman–Crippen MR) is 71.4 cm³/mol. The zero-order chi connectivity index (χ0) is 15.1. The molecule has 1 aromatic rings. The maximum atomic E-state index is 12.9. The highest BCUT2D eigenvalue weighted by atomic mass is 32.1. The van der Waals surface area contributed by atoms with Gasteiger partial charge in [-0.1, -0.05) is 6.92 Å². The smallest absolute Gasteiger partial charge is 0.333 e. The van der Waals surface area contributed by atoms with E-state index in [0.717, 1.165) is 17.4 Å². The van der Waals surface area contributed by atoms with Gasteiger partial charge in [0.2, 0.25) is 0 Å². The standard InChI is InChI=1S/C13H17F3N2OS/c1-3-9-8-5-7-20-10(8)4-6-18(9)11(19)12(2,17)13(14,15)16/h5,7,9H,3-4,6,17H2,1-2H3. The van der Waals surface area contributed by atoms with Crippen molar-refractivity contribution < 1.29 is 18.0 Å². The largest absolute Gasteiger partial charge is 0.415 e. The lowest BCUT2D eigenvalue weighted by molar-refractivity contribution is -0.195. The van der Waals surface area contributed by atoms with E-state index in [4.69, 9.17) is 5.73 Å². The number of rotatable bonds is 2. The molecule has 0 spiro atoms. The van der Waals surface area contributed by atoms with Gasteiger partial charge in [0, 0.05) is 11.4 Å². The fraction of sp³-hybridized carbons (Fsp3) is 0.615. The van der Waals surface area contributed by atoms with Gasteiger partial charge in [0.25, 0.3) is 5.91 Å². The van der Waals surface area contributed by atoms with Crippen LogP contribution in [-0.2, 0) is 11.2 Å². The number of carbonyl (C=O) groups is 1. The summed E-state index contributed by atoms with van der Waals surface area (Å²) in [5.41, 5.74) is 3.38. The minimum atomic E-state index is -4.75. The average Bonchev–Trinajstić information content (AvgIpc) is 2.83. The maximum Gasteiger partial charge on any atom is 0.415 e. The summed E-state index contributed by atoms with van der Waals surface area (Å²) in [7, 11) is 0. The molecule has 0 saturated heterocycles. The molecule has 0 aliphatic carbocycles. The van der Waals surface area contributed by atoms with E-state index in [-0.39, 0.29) is 12.6 Å². The summed E-state index contributed by atoms with van der Waals surface area (Å²) in [4.78, 5) is 14.7. The molecule has 1 aromatic heterocycles. The Kier molecular flexibility index (Phi) is 3.85. The van der Waals surface area contributed by atoms with Gasteiger partial charge >= 0.3 is 6.18 Å². The molecule has 2 unspecified atom stereocenters. The maximum absolute atomic E-state index is 12.9. The van der Waals surface area contributed by atoms with Gasteiger partial charge in [0.05, 0.1) is 6.04 Å². The molecule has 2 heterocycles. The first kappa shape index (κ1) is 15.3. The molecule has 112 valence electrons. The number of amides is 1. The number of hydrogen-bond acceptors (Lipinski definition) is 3. The number of fused-ring (bicyclic) bond motifs is 1. The minimum absolute atomic E-state index is 0.285. The summed E-state index contributed by atoms with van der Waals surface area (Å²) in [5, 5.41) is 1.91. The Balaban J connectivity index is 2.32. The monoisotopic (exact) mass is 306 g/mol. The van der Waals surface area contributed by atoms with E-state index in [1.165, 1.54) is 4.90 Å². The van der Waals surface area contributed by atoms with Crippen molar-refractivity contribution in [3.05, 3.63) is 21.9 Å². The Morgan fingerprint density at radius 1 is 1.55 bits per heavy atom. The van der Waals surface area contributed by atoms with E-state index in [9.17, 15) is 18.0 Å². The number of halogens is 3. The van der Waals surface area contributed by atoms with Gasteiger partial charge in [-0.15, -0.1) is 11.3 Å². The van der Waals surface area contributed by atoms with Crippen LogP contribution in [0.15, 0.2) is 11.4 Å². The zero-order valence-corrected chi connectivity index (χ0v) is 12.1. The number of carbonyl (C=O) groups excluding carboxylic acids is 1. The highest BCUT2D eigenvalue weighted by Gasteiger charge is 2.56. The van der Waals surface area contributed by atoms with Crippen LogP contribution in [0.4, 0.5) is 13.2 Å². The summed E-state index contributed by atoms with van der Waals surface area (Å²) in [5.74, 6) is -1.05. The van der Waals surface area contributed by atoms with Crippen molar-refractivity contribution in [3.8, 4) is 0 Å². The molecule has 0 radical (unpaired) electrons. The number of nitrogens with zero attached hydrogens (tertiary/aromatic N) is 1. The van der Waals surface area contributed by atoms with Crippen molar-refractivity contribution in [1.29, 1.82) is 0 Å². The van der Waals surface area contributed by atoms with Crippen LogP contribution >= 0.6 is 11.3 Å². The lowest BCUT2D eigenvalue weighted by Crippen LogP contribution is -2.63. The summed E-state index contributed by atoms with van der Waals surface area (Å²) in [6.07, 6.45) is -3.59. The minimum Gasteiger partial charge on any atom is -0.333 e. The lowest BCUT2D eigenvalue weighted by atomic mass is 9.93. The lowest BCUT2D eigenvalue weighted by Gasteiger charge is -2.40. The van der Waals surface area contributed by atoms with Gasteiger partial charge in [-0.05, 0) is 36.8 Å². The molecule has 20 heavy (non-hydrogen) atoms. The van der Waals surface area contributed by atoms with Gasteiger partial charge in [0.1, 0.15) is 0 Å². The molecule has 1 aliphatic heterocycles. The van der Waals surface area contributed by atoms with Crippen LogP contribution in [0.2, 0.25) is 0 Å². The van der Waals surface area contributed by atoms with Gasteiger partial charge in [-0.2, -0.15) is 13.2 Å². The second kappa shape index (κ2) is 5.04. The summed E-state index contributed by atoms with van der Waals surface area (Å²) in [6.45, 7) is 2.89. The predicted octanol–water partition coefficient (Wildman–Crippen LogP) is 2.86. The van der Waals surface area contributed by atoms with E-state index in [0.29, 0.717) is 12.8 Å². The fourth-order valence-corrected chi connectivity index (χ4v) is 3.43. The van der Waals surface area contributed by atoms with Crippen LogP contribution in [0.25, 0.3) is 0 Å². The van der Waals surface area contributed by atoms with Crippen LogP contribution in [-0.4, -0.2) is 29.1 Å². The Bertz CT molecular complexity index is 510. The number of alkyl halides is 3. The van der Waals surface area contributed by atoms with E-state index in [2.05, 4.69) is 0 Å². The second-order valence-electron chi connectivity index (χ2n) is 5.17. The van der Waals surface area contributed by atoms with Crippen molar-refractivity contribution in [2.45, 2.75) is 44.4 Å². The van der Waals surface area contributed by atoms with Crippen molar-refractivity contribution in [2.24, 2.45) is 5.73 Å². The second-order valence-corrected chi connectivity index (χ2v) is 6.17.